The van der Waals surface area contributed by atoms with Gasteiger partial charge in [-0.15, -0.1) is 0 Å². The predicted octanol–water partition coefficient (Wildman–Crippen LogP) is 4.96. The van der Waals surface area contributed by atoms with Gasteiger partial charge in [-0.3, -0.25) is 14.9 Å². The zero-order chi connectivity index (χ0) is 24.2. The van der Waals surface area contributed by atoms with Crippen molar-refractivity contribution in [1.29, 1.82) is 0 Å². The number of carbonyl (C=O) groups is 2. The second-order valence-electron chi connectivity index (χ2n) is 7.64. The quantitative estimate of drug-likeness (QED) is 0.285. The van der Waals surface area contributed by atoms with Crippen molar-refractivity contribution in [2.45, 2.75) is 26.2 Å². The minimum Gasteiger partial charge on any atom is -0.492 e. The second-order valence-corrected chi connectivity index (χ2v) is 8.05. The Morgan fingerprint density at radius 2 is 1.53 bits per heavy atom. The maximum Gasteiger partial charge on any atom is 0.261 e. The summed E-state index contributed by atoms with van der Waals surface area (Å²) in [6.45, 7) is 3.11. The number of hydrogen-bond donors (Lipinski definition) is 3. The van der Waals surface area contributed by atoms with E-state index in [2.05, 4.69) is 22.9 Å². The van der Waals surface area contributed by atoms with Gasteiger partial charge in [-0.1, -0.05) is 67.9 Å². The van der Waals surface area contributed by atoms with Gasteiger partial charge in [-0.05, 0) is 48.5 Å². The molecule has 0 bridgehead atoms. The summed E-state index contributed by atoms with van der Waals surface area (Å²) in [7, 11) is 0. The van der Waals surface area contributed by atoms with Crippen LogP contribution in [0.25, 0.3) is 0 Å². The van der Waals surface area contributed by atoms with Gasteiger partial charge in [0.25, 0.3) is 11.8 Å². The van der Waals surface area contributed by atoms with Crippen LogP contribution in [0, 0.1) is 0 Å². The lowest BCUT2D eigenvalue weighted by molar-refractivity contribution is 0.0951. The van der Waals surface area contributed by atoms with E-state index in [-0.39, 0.29) is 11.0 Å². The van der Waals surface area contributed by atoms with Gasteiger partial charge in [0, 0.05) is 13.0 Å². The minimum absolute atomic E-state index is 0.0953. The third kappa shape index (κ3) is 7.42. The van der Waals surface area contributed by atoms with Crippen molar-refractivity contribution in [3.8, 4) is 5.75 Å². The van der Waals surface area contributed by atoms with Crippen LogP contribution in [0.3, 0.4) is 0 Å². The summed E-state index contributed by atoms with van der Waals surface area (Å²) in [4.78, 5) is 25.4. The molecule has 0 radical (unpaired) electrons. The number of nitrogens with one attached hydrogen (secondary N) is 3. The number of carbonyl (C=O) groups excluding carboxylic acids is 2. The molecule has 3 aromatic rings. The maximum absolute atomic E-state index is 12.9. The molecule has 34 heavy (non-hydrogen) atoms. The van der Waals surface area contributed by atoms with Crippen LogP contribution >= 0.6 is 12.2 Å². The van der Waals surface area contributed by atoms with E-state index in [1.165, 1.54) is 0 Å². The van der Waals surface area contributed by atoms with E-state index in [0.29, 0.717) is 35.7 Å². The van der Waals surface area contributed by atoms with Gasteiger partial charge in [-0.2, -0.15) is 0 Å². The van der Waals surface area contributed by atoms with Crippen LogP contribution in [0.4, 0.5) is 5.69 Å². The van der Waals surface area contributed by atoms with Gasteiger partial charge in [-0.25, -0.2) is 0 Å². The Kier molecular flexibility index (Phi) is 9.61. The van der Waals surface area contributed by atoms with Crippen molar-refractivity contribution in [3.63, 3.8) is 0 Å². The molecule has 3 N–H and O–H groups in total. The van der Waals surface area contributed by atoms with E-state index >= 15 is 0 Å². The molecule has 0 atom stereocenters. The molecule has 0 heterocycles. The highest BCUT2D eigenvalue weighted by atomic mass is 32.1. The van der Waals surface area contributed by atoms with Gasteiger partial charge < -0.3 is 15.4 Å². The fourth-order valence-electron chi connectivity index (χ4n) is 3.29. The summed E-state index contributed by atoms with van der Waals surface area (Å²) < 4.78 is 5.88. The molecule has 0 aliphatic rings. The minimum atomic E-state index is -0.391. The summed E-state index contributed by atoms with van der Waals surface area (Å²) in [5.74, 6) is -0.102. The molecule has 7 heteroatoms. The first-order chi connectivity index (χ1) is 16.6. The number of benzene rings is 3. The number of anilines is 1. The summed E-state index contributed by atoms with van der Waals surface area (Å²) in [5.41, 5.74) is 2.52. The van der Waals surface area contributed by atoms with E-state index in [9.17, 15) is 9.59 Å². The lowest BCUT2D eigenvalue weighted by Gasteiger charge is -2.15. The molecule has 0 saturated carbocycles. The number of unbranched alkanes of at least 4 members (excludes halogenated alkanes) is 1. The van der Waals surface area contributed by atoms with Crippen molar-refractivity contribution in [2.75, 3.05) is 18.5 Å². The number of rotatable bonds is 10. The molecule has 0 aromatic heterocycles. The topological polar surface area (TPSA) is 79.5 Å². The normalized spacial score (nSPS) is 10.3. The van der Waals surface area contributed by atoms with Crippen LogP contribution in [0.1, 0.15) is 46.0 Å². The molecular weight excluding hydrogens is 446 g/mol. The molecule has 0 fully saturated rings. The predicted molar refractivity (Wildman–Crippen MR) is 139 cm³/mol. The van der Waals surface area contributed by atoms with Crippen molar-refractivity contribution < 1.29 is 14.3 Å². The zero-order valence-corrected chi connectivity index (χ0v) is 20.0. The first kappa shape index (κ1) is 24.9. The molecule has 0 saturated heterocycles. The van der Waals surface area contributed by atoms with Crippen molar-refractivity contribution in [1.82, 2.24) is 10.6 Å². The van der Waals surface area contributed by atoms with Gasteiger partial charge in [0.15, 0.2) is 5.11 Å². The molecule has 3 rings (SSSR count). The molecule has 0 spiro atoms. The molecule has 176 valence electrons. The van der Waals surface area contributed by atoms with Gasteiger partial charge in [0.1, 0.15) is 5.75 Å². The largest absolute Gasteiger partial charge is 0.492 e. The maximum atomic E-state index is 12.9. The summed E-state index contributed by atoms with van der Waals surface area (Å²) >= 11 is 5.34. The highest BCUT2D eigenvalue weighted by Crippen LogP contribution is 2.19. The molecular formula is C27H29N3O3S. The third-order valence-corrected chi connectivity index (χ3v) is 5.29. The first-order valence-corrected chi connectivity index (χ1v) is 11.7. The molecule has 0 aliphatic heterocycles. The van der Waals surface area contributed by atoms with Crippen molar-refractivity contribution in [3.05, 3.63) is 95.6 Å². The second kappa shape index (κ2) is 13.1. The highest BCUT2D eigenvalue weighted by Gasteiger charge is 2.16. The third-order valence-electron chi connectivity index (χ3n) is 5.09. The lowest BCUT2D eigenvalue weighted by Crippen LogP contribution is -2.35. The van der Waals surface area contributed by atoms with Crippen LogP contribution in [0.15, 0.2) is 78.9 Å². The highest BCUT2D eigenvalue weighted by molar-refractivity contribution is 7.80. The Balaban J connectivity index is 1.60. The Morgan fingerprint density at radius 3 is 2.29 bits per heavy atom. The van der Waals surface area contributed by atoms with Crippen LogP contribution < -0.4 is 20.7 Å². The average molecular weight is 476 g/mol. The molecule has 0 aliphatic carbocycles. The van der Waals surface area contributed by atoms with E-state index in [0.717, 1.165) is 24.8 Å². The van der Waals surface area contributed by atoms with Crippen molar-refractivity contribution >= 4 is 34.8 Å². The lowest BCUT2D eigenvalue weighted by atomic mass is 10.1. The first-order valence-electron chi connectivity index (χ1n) is 11.3. The Hall–Kier alpha value is -3.71. The molecule has 2 amide bonds. The number of amides is 2. The monoisotopic (exact) mass is 475 g/mol. The zero-order valence-electron chi connectivity index (χ0n) is 19.2. The average Bonchev–Trinajstić information content (AvgIpc) is 2.85. The van der Waals surface area contributed by atoms with E-state index in [1.54, 1.807) is 42.5 Å². The van der Waals surface area contributed by atoms with E-state index in [1.807, 2.05) is 36.4 Å². The van der Waals surface area contributed by atoms with Gasteiger partial charge >= 0.3 is 0 Å². The SMILES string of the molecule is CCCCNC(=O)c1ccccc1NC(=S)NC(=O)c1ccccc1OCCc1ccccc1. The van der Waals surface area contributed by atoms with E-state index in [4.69, 9.17) is 17.0 Å². The van der Waals surface area contributed by atoms with E-state index < -0.39 is 5.91 Å². The number of para-hydroxylation sites is 2. The van der Waals surface area contributed by atoms with Gasteiger partial charge in [0.2, 0.25) is 0 Å². The Morgan fingerprint density at radius 1 is 0.853 bits per heavy atom. The summed E-state index contributed by atoms with van der Waals surface area (Å²) in [5, 5.41) is 8.63. The smallest absolute Gasteiger partial charge is 0.261 e. The Bertz CT molecular complexity index is 1120. The summed E-state index contributed by atoms with van der Waals surface area (Å²) in [6.07, 6.45) is 2.63. The standard InChI is InChI=1S/C27H29N3O3S/c1-2-3-18-28-25(31)21-13-7-9-15-23(21)29-27(34)30-26(32)22-14-8-10-16-24(22)33-19-17-20-11-5-4-6-12-20/h4-16H,2-3,17-19H2,1H3,(H,28,31)(H2,29,30,32,34). The van der Waals surface area contributed by atoms with Gasteiger partial charge in [0.05, 0.1) is 23.4 Å². The molecule has 6 nitrogen and oxygen atoms in total. The number of ether oxygens (including phenoxy) is 1. The fourth-order valence-corrected chi connectivity index (χ4v) is 3.49. The van der Waals surface area contributed by atoms with Crippen molar-refractivity contribution in [2.24, 2.45) is 0 Å². The molecule has 0 unspecified atom stereocenters. The number of thiocarbonyl (C=S) groups is 1. The van der Waals surface area contributed by atoms with Crippen LogP contribution in [-0.4, -0.2) is 30.1 Å². The summed E-state index contributed by atoms with van der Waals surface area (Å²) in [6, 6.07) is 24.1. The Labute approximate surface area is 205 Å². The fraction of sp³-hybridized carbons (Fsp3) is 0.222. The molecule has 3 aromatic carbocycles. The van der Waals surface area contributed by atoms with Crippen LogP contribution in [0.2, 0.25) is 0 Å². The number of hydrogen-bond acceptors (Lipinski definition) is 4. The van der Waals surface area contributed by atoms with Crippen LogP contribution in [-0.2, 0) is 6.42 Å². The van der Waals surface area contributed by atoms with Crippen LogP contribution in [0.5, 0.6) is 5.75 Å².